The molecule has 16 heavy (non-hydrogen) atoms. The summed E-state index contributed by atoms with van der Waals surface area (Å²) in [5.74, 6) is 0. The van der Waals surface area contributed by atoms with Gasteiger partial charge in [0.15, 0.2) is 0 Å². The van der Waals surface area contributed by atoms with Crippen molar-refractivity contribution < 1.29 is 0 Å². The molecule has 0 aliphatic heterocycles. The van der Waals surface area contributed by atoms with Crippen molar-refractivity contribution >= 4 is 11.6 Å². The lowest BCUT2D eigenvalue weighted by atomic mass is 10.0. The lowest BCUT2D eigenvalue weighted by molar-refractivity contribution is 1.11. The van der Waals surface area contributed by atoms with Crippen molar-refractivity contribution in [2.45, 2.75) is 48.0 Å². The maximum atomic E-state index is 8.69. The summed E-state index contributed by atoms with van der Waals surface area (Å²) in [6.07, 6.45) is 0.875. The molecule has 0 N–H and O–H groups in total. The number of nitriles is 1. The SMILES string of the molecule is CC.CC.CCc1c(C)ccc(C#N)c1Cl. The second kappa shape index (κ2) is 10.5. The summed E-state index contributed by atoms with van der Waals surface area (Å²) in [5, 5.41) is 9.31. The summed E-state index contributed by atoms with van der Waals surface area (Å²) in [4.78, 5) is 0. The highest BCUT2D eigenvalue weighted by Crippen LogP contribution is 2.24. The van der Waals surface area contributed by atoms with Crippen LogP contribution in [-0.4, -0.2) is 0 Å². The fraction of sp³-hybridized carbons (Fsp3) is 0.500. The number of halogens is 1. The van der Waals surface area contributed by atoms with Crippen molar-refractivity contribution in [3.05, 3.63) is 33.8 Å². The van der Waals surface area contributed by atoms with Crippen LogP contribution < -0.4 is 0 Å². The van der Waals surface area contributed by atoms with E-state index in [1.54, 1.807) is 6.07 Å². The molecule has 0 unspecified atom stereocenters. The van der Waals surface area contributed by atoms with Gasteiger partial charge in [0, 0.05) is 0 Å². The highest BCUT2D eigenvalue weighted by Gasteiger charge is 2.06. The molecule has 1 nitrogen and oxygen atoms in total. The summed E-state index contributed by atoms with van der Waals surface area (Å²) in [7, 11) is 0. The average molecular weight is 240 g/mol. The van der Waals surface area contributed by atoms with Crippen molar-refractivity contribution in [2.24, 2.45) is 0 Å². The van der Waals surface area contributed by atoms with Gasteiger partial charge in [-0.25, -0.2) is 0 Å². The molecule has 0 spiro atoms. The number of nitrogens with zero attached hydrogens (tertiary/aromatic N) is 1. The second-order valence-corrected chi connectivity index (χ2v) is 3.07. The molecule has 0 fully saturated rings. The summed E-state index contributed by atoms with van der Waals surface area (Å²) in [6, 6.07) is 5.76. The first kappa shape index (κ1) is 17.4. The van der Waals surface area contributed by atoms with E-state index in [1.165, 1.54) is 0 Å². The van der Waals surface area contributed by atoms with Gasteiger partial charge in [0.1, 0.15) is 6.07 Å². The zero-order chi connectivity index (χ0) is 13.1. The molecule has 0 aliphatic rings. The molecule has 90 valence electrons. The normalized spacial score (nSPS) is 7.88. The number of rotatable bonds is 1. The van der Waals surface area contributed by atoms with Crippen molar-refractivity contribution in [2.75, 3.05) is 0 Å². The Bertz CT molecular complexity index is 337. The Morgan fingerprint density at radius 1 is 1.19 bits per heavy atom. The molecule has 0 bridgehead atoms. The number of hydrogen-bond acceptors (Lipinski definition) is 1. The van der Waals surface area contributed by atoms with E-state index in [4.69, 9.17) is 16.9 Å². The van der Waals surface area contributed by atoms with Crippen LogP contribution >= 0.6 is 11.6 Å². The smallest absolute Gasteiger partial charge is 0.101 e. The first-order valence-corrected chi connectivity index (χ1v) is 6.26. The largest absolute Gasteiger partial charge is 0.192 e. The zero-order valence-corrected chi connectivity index (χ0v) is 11.9. The Morgan fingerprint density at radius 3 is 2.06 bits per heavy atom. The molecule has 0 aromatic heterocycles. The van der Waals surface area contributed by atoms with Crippen LogP contribution in [0.5, 0.6) is 0 Å². The lowest BCUT2D eigenvalue weighted by Crippen LogP contribution is -1.90. The Balaban J connectivity index is 0. The molecule has 0 atom stereocenters. The van der Waals surface area contributed by atoms with E-state index < -0.39 is 0 Å². The molecule has 1 aromatic carbocycles. The van der Waals surface area contributed by atoms with Gasteiger partial charge in [0.2, 0.25) is 0 Å². The van der Waals surface area contributed by atoms with Crippen LogP contribution in [0.3, 0.4) is 0 Å². The zero-order valence-electron chi connectivity index (χ0n) is 11.2. The average Bonchev–Trinajstić information content (AvgIpc) is 2.35. The molecule has 0 amide bonds. The Morgan fingerprint density at radius 2 is 1.69 bits per heavy atom. The van der Waals surface area contributed by atoms with Crippen LogP contribution in [0.1, 0.15) is 51.3 Å². The maximum Gasteiger partial charge on any atom is 0.101 e. The minimum atomic E-state index is 0.569. The predicted molar refractivity (Wildman–Crippen MR) is 73.0 cm³/mol. The van der Waals surface area contributed by atoms with Crippen LogP contribution in [0.15, 0.2) is 12.1 Å². The molecule has 0 radical (unpaired) electrons. The number of benzene rings is 1. The Hall–Kier alpha value is -1.00. The molecular formula is C14H22ClN. The predicted octanol–water partition coefficient (Wildman–Crippen LogP) is 5.13. The third-order valence-electron chi connectivity index (χ3n) is 1.95. The van der Waals surface area contributed by atoms with Gasteiger partial charge in [-0.3, -0.25) is 0 Å². The van der Waals surface area contributed by atoms with Crippen molar-refractivity contribution in [1.29, 1.82) is 5.26 Å². The van der Waals surface area contributed by atoms with Gasteiger partial charge in [-0.1, -0.05) is 52.3 Å². The van der Waals surface area contributed by atoms with Crippen LogP contribution in [0.2, 0.25) is 5.02 Å². The molecule has 0 saturated carbocycles. The van der Waals surface area contributed by atoms with Gasteiger partial charge < -0.3 is 0 Å². The summed E-state index contributed by atoms with van der Waals surface area (Å²) >= 11 is 5.99. The van der Waals surface area contributed by atoms with Gasteiger partial charge >= 0.3 is 0 Å². The van der Waals surface area contributed by atoms with Crippen molar-refractivity contribution in [3.63, 3.8) is 0 Å². The minimum Gasteiger partial charge on any atom is -0.192 e. The van der Waals surface area contributed by atoms with Gasteiger partial charge in [-0.2, -0.15) is 5.26 Å². The van der Waals surface area contributed by atoms with Gasteiger partial charge in [-0.15, -0.1) is 0 Å². The fourth-order valence-electron chi connectivity index (χ4n) is 1.24. The standard InChI is InChI=1S/C10H10ClN.2C2H6/c1-3-9-7(2)4-5-8(6-12)10(9)11;2*1-2/h4-5H,3H2,1-2H3;2*1-2H3. The third-order valence-corrected chi connectivity index (χ3v) is 2.38. The molecule has 1 aromatic rings. The maximum absolute atomic E-state index is 8.69. The van der Waals surface area contributed by atoms with E-state index in [9.17, 15) is 0 Å². The highest BCUT2D eigenvalue weighted by atomic mass is 35.5. The monoisotopic (exact) mass is 239 g/mol. The summed E-state index contributed by atoms with van der Waals surface area (Å²) < 4.78 is 0. The molecule has 0 aliphatic carbocycles. The molecule has 0 heterocycles. The van der Waals surface area contributed by atoms with Gasteiger partial charge in [0.05, 0.1) is 10.6 Å². The van der Waals surface area contributed by atoms with E-state index in [-0.39, 0.29) is 0 Å². The van der Waals surface area contributed by atoms with E-state index >= 15 is 0 Å². The fourth-order valence-corrected chi connectivity index (χ4v) is 1.63. The first-order valence-electron chi connectivity index (χ1n) is 5.88. The highest BCUT2D eigenvalue weighted by molar-refractivity contribution is 6.32. The van der Waals surface area contributed by atoms with Crippen LogP contribution in [0.25, 0.3) is 0 Å². The topological polar surface area (TPSA) is 23.8 Å². The van der Waals surface area contributed by atoms with Crippen molar-refractivity contribution in [1.82, 2.24) is 0 Å². The molecule has 0 saturated heterocycles. The Labute approximate surface area is 105 Å². The van der Waals surface area contributed by atoms with E-state index in [0.29, 0.717) is 10.6 Å². The minimum absolute atomic E-state index is 0.569. The Kier molecular flexibility index (Phi) is 11.4. The van der Waals surface area contributed by atoms with Crippen LogP contribution in [0, 0.1) is 18.3 Å². The molecular weight excluding hydrogens is 218 g/mol. The van der Waals surface area contributed by atoms with E-state index in [2.05, 4.69) is 6.07 Å². The quantitative estimate of drug-likeness (QED) is 0.666. The van der Waals surface area contributed by atoms with Gasteiger partial charge in [-0.05, 0) is 30.5 Å². The number of hydrogen-bond donors (Lipinski definition) is 0. The molecule has 1 rings (SSSR count). The van der Waals surface area contributed by atoms with Crippen molar-refractivity contribution in [3.8, 4) is 6.07 Å². The lowest BCUT2D eigenvalue weighted by Gasteiger charge is -2.05. The van der Waals surface area contributed by atoms with Crippen LogP contribution in [0.4, 0.5) is 0 Å². The second-order valence-electron chi connectivity index (χ2n) is 2.69. The van der Waals surface area contributed by atoms with E-state index in [1.807, 2.05) is 47.6 Å². The first-order chi connectivity index (χ1) is 7.70. The summed E-state index contributed by atoms with van der Waals surface area (Å²) in [5.41, 5.74) is 2.80. The molecule has 2 heteroatoms. The third kappa shape index (κ3) is 4.68. The van der Waals surface area contributed by atoms with Gasteiger partial charge in [0.25, 0.3) is 0 Å². The van der Waals surface area contributed by atoms with Crippen LogP contribution in [-0.2, 0) is 6.42 Å². The summed E-state index contributed by atoms with van der Waals surface area (Å²) in [6.45, 7) is 12.0. The number of aryl methyl sites for hydroxylation is 1. The van der Waals surface area contributed by atoms with E-state index in [0.717, 1.165) is 17.5 Å².